The lowest BCUT2D eigenvalue weighted by Gasteiger charge is -2.08. The molecule has 0 spiro atoms. The lowest BCUT2D eigenvalue weighted by Crippen LogP contribution is -2.04. The molecule has 2 aromatic rings. The molecule has 4 nitrogen and oxygen atoms in total. The van der Waals surface area contributed by atoms with Gasteiger partial charge in [-0.1, -0.05) is 6.92 Å². The highest BCUT2D eigenvalue weighted by molar-refractivity contribution is 5.88. The summed E-state index contributed by atoms with van der Waals surface area (Å²) >= 11 is 0. The highest BCUT2D eigenvalue weighted by Gasteiger charge is 2.11. The summed E-state index contributed by atoms with van der Waals surface area (Å²) in [6.45, 7) is 2.04. The van der Waals surface area contributed by atoms with Crippen LogP contribution in [0.25, 0.3) is 10.8 Å². The summed E-state index contributed by atoms with van der Waals surface area (Å²) in [5.41, 5.74) is -0.365. The van der Waals surface area contributed by atoms with Gasteiger partial charge in [0.15, 0.2) is 0 Å². The molecule has 0 radical (unpaired) electrons. The predicted molar refractivity (Wildman–Crippen MR) is 69.6 cm³/mol. The highest BCUT2D eigenvalue weighted by Crippen LogP contribution is 2.29. The average molecular weight is 248 g/mol. The largest absolute Gasteiger partial charge is 0.497 e. The number of hydrogen-bond acceptors (Lipinski definition) is 4. The van der Waals surface area contributed by atoms with E-state index in [1.54, 1.807) is 13.2 Å². The van der Waals surface area contributed by atoms with Crippen LogP contribution in [0, 0.1) is 0 Å². The van der Waals surface area contributed by atoms with Crippen LogP contribution in [0.4, 0.5) is 0 Å². The molecule has 18 heavy (non-hydrogen) atoms. The van der Waals surface area contributed by atoms with Gasteiger partial charge in [0, 0.05) is 12.5 Å². The van der Waals surface area contributed by atoms with Crippen LogP contribution in [0.3, 0.4) is 0 Å². The summed E-state index contributed by atoms with van der Waals surface area (Å²) in [6, 6.07) is 5.36. The Balaban J connectivity index is 2.74. The van der Waals surface area contributed by atoms with E-state index in [1.807, 2.05) is 19.1 Å². The van der Waals surface area contributed by atoms with Crippen molar-refractivity contribution in [1.29, 1.82) is 0 Å². The number of methoxy groups -OCH3 is 2. The van der Waals surface area contributed by atoms with E-state index in [0.29, 0.717) is 22.6 Å². The Morgan fingerprint density at radius 3 is 2.56 bits per heavy atom. The first-order chi connectivity index (χ1) is 8.69. The Labute approximate surface area is 105 Å². The second-order valence-electron chi connectivity index (χ2n) is 4.04. The lowest BCUT2D eigenvalue weighted by atomic mass is 10.1. The molecule has 0 aliphatic heterocycles. The third kappa shape index (κ3) is 2.18. The average Bonchev–Trinajstić information content (AvgIpc) is 2.37. The van der Waals surface area contributed by atoms with Gasteiger partial charge in [0.25, 0.3) is 0 Å². The van der Waals surface area contributed by atoms with Gasteiger partial charge in [0.05, 0.1) is 14.2 Å². The summed E-state index contributed by atoms with van der Waals surface area (Å²) in [4.78, 5) is 12.0. The van der Waals surface area contributed by atoms with Crippen molar-refractivity contribution < 1.29 is 13.9 Å². The molecule has 2 rings (SSSR count). The smallest absolute Gasteiger partial charge is 0.347 e. The fraction of sp³-hybridized carbons (Fsp3) is 0.357. The molecule has 0 saturated heterocycles. The van der Waals surface area contributed by atoms with E-state index < -0.39 is 0 Å². The number of benzene rings is 1. The second kappa shape index (κ2) is 5.12. The van der Waals surface area contributed by atoms with Crippen molar-refractivity contribution in [2.45, 2.75) is 19.8 Å². The molecular formula is C14H16O4. The summed E-state index contributed by atoms with van der Waals surface area (Å²) < 4.78 is 15.7. The zero-order chi connectivity index (χ0) is 13.1. The first-order valence-electron chi connectivity index (χ1n) is 5.88. The molecule has 0 unspecified atom stereocenters. The van der Waals surface area contributed by atoms with E-state index in [4.69, 9.17) is 13.9 Å². The van der Waals surface area contributed by atoms with Crippen molar-refractivity contribution in [2.75, 3.05) is 14.2 Å². The number of hydrogen-bond donors (Lipinski definition) is 0. The van der Waals surface area contributed by atoms with Crippen LogP contribution in [0.15, 0.2) is 27.4 Å². The highest BCUT2D eigenvalue weighted by atomic mass is 16.5. The molecule has 0 bridgehead atoms. The van der Waals surface area contributed by atoms with Crippen molar-refractivity contribution in [3.63, 3.8) is 0 Å². The van der Waals surface area contributed by atoms with Crippen LogP contribution >= 0.6 is 0 Å². The van der Waals surface area contributed by atoms with Gasteiger partial charge in [-0.3, -0.25) is 0 Å². The summed E-state index contributed by atoms with van der Waals surface area (Å²) in [5.74, 6) is 1.82. The number of fused-ring (bicyclic) bond motifs is 1. The maximum atomic E-state index is 12.0. The van der Waals surface area contributed by atoms with Crippen LogP contribution in [0.1, 0.15) is 19.1 Å². The van der Waals surface area contributed by atoms with Gasteiger partial charge in [-0.05, 0) is 23.9 Å². The Morgan fingerprint density at radius 2 is 1.94 bits per heavy atom. The van der Waals surface area contributed by atoms with Crippen molar-refractivity contribution >= 4 is 10.8 Å². The standard InChI is InChI=1S/C14H16O4/c1-4-5-10-6-9-7-11(16-2)8-12(17-3)13(9)14(15)18-10/h6-8H,4-5H2,1-3H3. The molecule has 96 valence electrons. The first kappa shape index (κ1) is 12.5. The van der Waals surface area contributed by atoms with E-state index in [2.05, 4.69) is 0 Å². The van der Waals surface area contributed by atoms with Crippen molar-refractivity contribution in [3.8, 4) is 11.5 Å². The van der Waals surface area contributed by atoms with Crippen LogP contribution in [-0.4, -0.2) is 14.2 Å². The van der Waals surface area contributed by atoms with Crippen molar-refractivity contribution in [1.82, 2.24) is 0 Å². The maximum Gasteiger partial charge on any atom is 0.347 e. The summed E-state index contributed by atoms with van der Waals surface area (Å²) in [6.07, 6.45) is 1.67. The molecule has 0 aliphatic rings. The van der Waals surface area contributed by atoms with Gasteiger partial charge in [0.2, 0.25) is 0 Å². The monoisotopic (exact) mass is 248 g/mol. The fourth-order valence-corrected chi connectivity index (χ4v) is 1.96. The molecule has 1 aromatic carbocycles. The van der Waals surface area contributed by atoms with Gasteiger partial charge in [-0.2, -0.15) is 0 Å². The molecule has 0 saturated carbocycles. The third-order valence-corrected chi connectivity index (χ3v) is 2.80. The van der Waals surface area contributed by atoms with E-state index in [1.165, 1.54) is 7.11 Å². The van der Waals surface area contributed by atoms with E-state index >= 15 is 0 Å². The van der Waals surface area contributed by atoms with Crippen LogP contribution < -0.4 is 15.1 Å². The molecule has 0 aliphatic carbocycles. The van der Waals surface area contributed by atoms with Gasteiger partial charge >= 0.3 is 5.63 Å². The quantitative estimate of drug-likeness (QED) is 0.834. The maximum absolute atomic E-state index is 12.0. The Kier molecular flexibility index (Phi) is 3.55. The molecule has 4 heteroatoms. The number of ether oxygens (including phenoxy) is 2. The second-order valence-corrected chi connectivity index (χ2v) is 4.04. The number of rotatable bonds is 4. The third-order valence-electron chi connectivity index (χ3n) is 2.80. The topological polar surface area (TPSA) is 48.7 Å². The molecule has 0 atom stereocenters. The zero-order valence-corrected chi connectivity index (χ0v) is 10.8. The van der Waals surface area contributed by atoms with Gasteiger partial charge < -0.3 is 13.9 Å². The predicted octanol–water partition coefficient (Wildman–Crippen LogP) is 2.76. The summed E-state index contributed by atoms with van der Waals surface area (Å²) in [5, 5.41) is 1.24. The minimum absolute atomic E-state index is 0.365. The van der Waals surface area contributed by atoms with Gasteiger partial charge in [0.1, 0.15) is 22.6 Å². The molecule has 1 heterocycles. The van der Waals surface area contributed by atoms with Gasteiger partial charge in [-0.15, -0.1) is 0 Å². The van der Waals surface area contributed by atoms with E-state index in [-0.39, 0.29) is 5.63 Å². The molecular weight excluding hydrogens is 232 g/mol. The van der Waals surface area contributed by atoms with Crippen molar-refractivity contribution in [2.24, 2.45) is 0 Å². The Hall–Kier alpha value is -1.97. The SMILES string of the molecule is CCCc1cc2cc(OC)cc(OC)c2c(=O)o1. The van der Waals surface area contributed by atoms with E-state index in [9.17, 15) is 4.79 Å². The summed E-state index contributed by atoms with van der Waals surface area (Å²) in [7, 11) is 3.10. The minimum Gasteiger partial charge on any atom is -0.497 e. The van der Waals surface area contributed by atoms with Crippen LogP contribution in [-0.2, 0) is 6.42 Å². The fourth-order valence-electron chi connectivity index (χ4n) is 1.96. The van der Waals surface area contributed by atoms with Crippen LogP contribution in [0.5, 0.6) is 11.5 Å². The molecule has 0 amide bonds. The first-order valence-corrected chi connectivity index (χ1v) is 5.88. The molecule has 0 N–H and O–H groups in total. The van der Waals surface area contributed by atoms with E-state index in [0.717, 1.165) is 18.2 Å². The Bertz CT molecular complexity index is 613. The molecule has 1 aromatic heterocycles. The van der Waals surface area contributed by atoms with Crippen LogP contribution in [0.2, 0.25) is 0 Å². The van der Waals surface area contributed by atoms with Gasteiger partial charge in [-0.25, -0.2) is 4.79 Å². The minimum atomic E-state index is -0.365. The zero-order valence-electron chi connectivity index (χ0n) is 10.8. The Morgan fingerprint density at radius 1 is 1.17 bits per heavy atom. The molecule has 0 fully saturated rings. The lowest BCUT2D eigenvalue weighted by molar-refractivity contribution is 0.395. The normalized spacial score (nSPS) is 10.6. The van der Waals surface area contributed by atoms with Crippen molar-refractivity contribution in [3.05, 3.63) is 34.4 Å². The number of aryl methyl sites for hydroxylation is 1.